The number of H-pyrrole nitrogens is 1. The molecule has 5 rings (SSSR count). The number of nitrogens with one attached hydrogen (secondary N) is 3. The molecule has 1 saturated heterocycles. The normalized spacial score (nSPS) is 13.7. The molecule has 0 atom stereocenters. The molecule has 0 aliphatic carbocycles. The second kappa shape index (κ2) is 10.2. The number of fused-ring (bicyclic) bond motifs is 1. The Kier molecular flexibility index (Phi) is 6.73. The number of halogens is 1. The molecule has 35 heavy (non-hydrogen) atoms. The lowest BCUT2D eigenvalue weighted by Gasteiger charge is -2.28. The van der Waals surface area contributed by atoms with Crippen molar-refractivity contribution in [2.24, 2.45) is 0 Å². The van der Waals surface area contributed by atoms with Crippen molar-refractivity contribution in [2.75, 3.05) is 36.5 Å². The summed E-state index contributed by atoms with van der Waals surface area (Å²) in [6, 6.07) is 15.4. The second-order valence-corrected chi connectivity index (χ2v) is 9.33. The number of aromatic amines is 1. The molecule has 2 aromatic carbocycles. The molecule has 3 heterocycles. The van der Waals surface area contributed by atoms with E-state index < -0.39 is 0 Å². The number of rotatable bonds is 7. The van der Waals surface area contributed by atoms with Gasteiger partial charge in [-0.15, -0.1) is 11.3 Å². The summed E-state index contributed by atoms with van der Waals surface area (Å²) < 4.78 is 18.4. The third kappa shape index (κ3) is 5.50. The van der Waals surface area contributed by atoms with E-state index in [1.807, 2.05) is 18.2 Å². The lowest BCUT2D eigenvalue weighted by atomic mass is 10.1. The topological polar surface area (TPSA) is 99.4 Å². The summed E-state index contributed by atoms with van der Waals surface area (Å²) in [6.45, 7) is 3.41. The lowest BCUT2D eigenvalue weighted by molar-refractivity contribution is -0.120. The Labute approximate surface area is 205 Å². The summed E-state index contributed by atoms with van der Waals surface area (Å²) in [6.07, 6.45) is 0.193. The van der Waals surface area contributed by atoms with Crippen LogP contribution >= 0.6 is 11.3 Å². The van der Waals surface area contributed by atoms with Gasteiger partial charge in [0.15, 0.2) is 0 Å². The summed E-state index contributed by atoms with van der Waals surface area (Å²) in [7, 11) is 0. The Morgan fingerprint density at radius 1 is 1.09 bits per heavy atom. The molecule has 3 N–H and O–H groups in total. The maximum atomic E-state index is 13.0. The van der Waals surface area contributed by atoms with E-state index in [4.69, 9.17) is 4.74 Å². The minimum absolute atomic E-state index is 0.145. The highest BCUT2D eigenvalue weighted by Crippen LogP contribution is 2.30. The highest BCUT2D eigenvalue weighted by atomic mass is 32.1. The van der Waals surface area contributed by atoms with Crippen molar-refractivity contribution in [3.8, 4) is 0 Å². The highest BCUT2D eigenvalue weighted by molar-refractivity contribution is 7.18. The summed E-state index contributed by atoms with van der Waals surface area (Å²) in [5.41, 5.74) is 2.43. The van der Waals surface area contributed by atoms with E-state index in [1.54, 1.807) is 24.3 Å². The van der Waals surface area contributed by atoms with Crippen molar-refractivity contribution >= 4 is 44.9 Å². The van der Waals surface area contributed by atoms with E-state index in [0.29, 0.717) is 36.0 Å². The Bertz CT molecular complexity index is 1330. The number of hydrogen-bond acceptors (Lipinski definition) is 6. The SMILES string of the molecule is O=C(Cc1cc2c(NC(=O)c3ccc(N4CCOCC4)cc3)[nH]nc2s1)NCc1ccc(F)cc1. The first-order chi connectivity index (χ1) is 17.0. The number of carbonyl (C=O) groups excluding carboxylic acids is 2. The molecule has 10 heteroatoms. The molecule has 0 spiro atoms. The molecule has 0 bridgehead atoms. The Balaban J connectivity index is 1.19. The van der Waals surface area contributed by atoms with Gasteiger partial charge in [0, 0.05) is 35.8 Å². The number of aromatic nitrogens is 2. The maximum absolute atomic E-state index is 13.0. The van der Waals surface area contributed by atoms with Crippen molar-refractivity contribution in [2.45, 2.75) is 13.0 Å². The molecule has 4 aromatic rings. The van der Waals surface area contributed by atoms with Crippen LogP contribution in [0, 0.1) is 5.82 Å². The van der Waals surface area contributed by atoms with Gasteiger partial charge < -0.3 is 20.3 Å². The van der Waals surface area contributed by atoms with Crippen LogP contribution in [0.2, 0.25) is 0 Å². The third-order valence-electron chi connectivity index (χ3n) is 5.78. The average Bonchev–Trinajstić information content (AvgIpc) is 3.45. The van der Waals surface area contributed by atoms with Gasteiger partial charge in [0.05, 0.1) is 25.0 Å². The van der Waals surface area contributed by atoms with Crippen molar-refractivity contribution in [1.82, 2.24) is 15.5 Å². The molecule has 0 unspecified atom stereocenters. The van der Waals surface area contributed by atoms with Gasteiger partial charge in [-0.2, -0.15) is 5.10 Å². The zero-order valence-corrected chi connectivity index (χ0v) is 19.7. The average molecular weight is 494 g/mol. The quantitative estimate of drug-likeness (QED) is 0.365. The van der Waals surface area contributed by atoms with Gasteiger partial charge in [0.1, 0.15) is 16.5 Å². The van der Waals surface area contributed by atoms with Crippen LogP contribution in [-0.2, 0) is 22.5 Å². The monoisotopic (exact) mass is 493 g/mol. The first kappa shape index (κ1) is 23.0. The number of amides is 2. The molecule has 0 saturated carbocycles. The smallest absolute Gasteiger partial charge is 0.256 e. The zero-order chi connectivity index (χ0) is 24.2. The van der Waals surface area contributed by atoms with Crippen LogP contribution in [0.4, 0.5) is 15.9 Å². The summed E-state index contributed by atoms with van der Waals surface area (Å²) >= 11 is 1.39. The first-order valence-corrected chi connectivity index (χ1v) is 12.1. The predicted octanol–water partition coefficient (Wildman–Crippen LogP) is 3.71. The Morgan fingerprint density at radius 3 is 2.57 bits per heavy atom. The molecule has 1 aliphatic heterocycles. The van der Waals surface area contributed by atoms with E-state index >= 15 is 0 Å². The minimum Gasteiger partial charge on any atom is -0.378 e. The van der Waals surface area contributed by atoms with E-state index in [-0.39, 0.29) is 24.1 Å². The van der Waals surface area contributed by atoms with E-state index in [9.17, 15) is 14.0 Å². The van der Waals surface area contributed by atoms with Crippen molar-refractivity contribution in [1.29, 1.82) is 0 Å². The van der Waals surface area contributed by atoms with Crippen molar-refractivity contribution in [3.63, 3.8) is 0 Å². The number of hydrogen-bond donors (Lipinski definition) is 3. The molecule has 2 amide bonds. The van der Waals surface area contributed by atoms with Gasteiger partial charge >= 0.3 is 0 Å². The Morgan fingerprint density at radius 2 is 1.83 bits per heavy atom. The van der Waals surface area contributed by atoms with Gasteiger partial charge in [0.25, 0.3) is 5.91 Å². The molecular formula is C25H24FN5O3S. The van der Waals surface area contributed by atoms with Crippen LogP contribution in [0.5, 0.6) is 0 Å². The molecule has 1 aliphatic rings. The Hall–Kier alpha value is -3.76. The summed E-state index contributed by atoms with van der Waals surface area (Å²) in [5.74, 6) is -0.201. The fraction of sp³-hybridized carbons (Fsp3) is 0.240. The van der Waals surface area contributed by atoms with Gasteiger partial charge in [-0.05, 0) is 48.0 Å². The van der Waals surface area contributed by atoms with Crippen LogP contribution in [0.15, 0.2) is 54.6 Å². The fourth-order valence-electron chi connectivity index (χ4n) is 3.90. The first-order valence-electron chi connectivity index (χ1n) is 11.3. The van der Waals surface area contributed by atoms with E-state index in [0.717, 1.165) is 34.6 Å². The summed E-state index contributed by atoms with van der Waals surface area (Å²) in [4.78, 5) is 28.9. The fourth-order valence-corrected chi connectivity index (χ4v) is 4.89. The van der Waals surface area contributed by atoms with Gasteiger partial charge in [-0.1, -0.05) is 12.1 Å². The van der Waals surface area contributed by atoms with Crippen molar-refractivity contribution in [3.05, 3.63) is 76.4 Å². The summed E-state index contributed by atoms with van der Waals surface area (Å²) in [5, 5.41) is 13.6. The molecule has 0 radical (unpaired) electrons. The number of ether oxygens (including phenoxy) is 1. The van der Waals surface area contributed by atoms with Gasteiger partial charge in [-0.3, -0.25) is 14.7 Å². The molecule has 1 fully saturated rings. The number of thiophene rings is 1. The zero-order valence-electron chi connectivity index (χ0n) is 18.8. The molecule has 2 aromatic heterocycles. The van der Waals surface area contributed by atoms with Crippen LogP contribution in [0.3, 0.4) is 0 Å². The second-order valence-electron chi connectivity index (χ2n) is 8.21. The number of benzene rings is 2. The highest BCUT2D eigenvalue weighted by Gasteiger charge is 2.16. The van der Waals surface area contributed by atoms with Crippen LogP contribution in [0.1, 0.15) is 20.8 Å². The van der Waals surface area contributed by atoms with E-state index in [1.165, 1.54) is 23.5 Å². The maximum Gasteiger partial charge on any atom is 0.256 e. The van der Waals surface area contributed by atoms with E-state index in [2.05, 4.69) is 25.7 Å². The number of morpholine rings is 1. The number of carbonyl (C=O) groups is 2. The molecular weight excluding hydrogens is 469 g/mol. The minimum atomic E-state index is -0.310. The van der Waals surface area contributed by atoms with Crippen molar-refractivity contribution < 1.29 is 18.7 Å². The number of nitrogens with zero attached hydrogens (tertiary/aromatic N) is 2. The largest absolute Gasteiger partial charge is 0.378 e. The predicted molar refractivity (Wildman–Crippen MR) is 133 cm³/mol. The lowest BCUT2D eigenvalue weighted by Crippen LogP contribution is -2.36. The standard InChI is InChI=1S/C25H24FN5O3S/c26-18-5-1-16(2-6-18)15-27-22(32)14-20-13-21-23(29-30-25(21)35-20)28-24(33)17-3-7-19(8-4-17)31-9-11-34-12-10-31/h1-8,13H,9-12,14-15H2,(H,27,32)(H2,28,29,30,33). The molecule has 8 nitrogen and oxygen atoms in total. The number of anilines is 2. The molecule has 180 valence electrons. The van der Waals surface area contributed by atoms with Crippen LogP contribution < -0.4 is 15.5 Å². The van der Waals surface area contributed by atoms with Gasteiger partial charge in [0.2, 0.25) is 5.91 Å². The third-order valence-corrected chi connectivity index (χ3v) is 6.81. The van der Waals surface area contributed by atoms with Crippen LogP contribution in [-0.4, -0.2) is 48.3 Å². The van der Waals surface area contributed by atoms with Crippen LogP contribution in [0.25, 0.3) is 10.2 Å². The van der Waals surface area contributed by atoms with Gasteiger partial charge in [-0.25, -0.2) is 4.39 Å².